The summed E-state index contributed by atoms with van der Waals surface area (Å²) in [6.07, 6.45) is 2.06. The van der Waals surface area contributed by atoms with Crippen LogP contribution in [0.25, 0.3) is 0 Å². The minimum absolute atomic E-state index is 0.157. The molecule has 0 spiro atoms. The Balaban J connectivity index is 3.82. The molecule has 0 bridgehead atoms. The maximum Gasteiger partial charge on any atom is 0.326 e. The number of amides is 4. The zero-order valence-electron chi connectivity index (χ0n) is 14.9. The van der Waals surface area contributed by atoms with Crippen LogP contribution in [0.3, 0.4) is 0 Å². The highest BCUT2D eigenvalue weighted by Gasteiger charge is 2.19. The molecular weight excluding hydrogens is 348 g/mol. The fraction of sp³-hybridized carbons (Fsp3) is 0.733. The van der Waals surface area contributed by atoms with Crippen LogP contribution in [0.2, 0.25) is 0 Å². The molecule has 0 saturated heterocycles. The summed E-state index contributed by atoms with van der Waals surface area (Å²) in [6.45, 7) is 3.25. The summed E-state index contributed by atoms with van der Waals surface area (Å²) in [5.41, 5.74) is 0. The molecule has 4 amide bonds. The average Bonchev–Trinajstić information content (AvgIpc) is 2.58. The normalized spacial score (nSPS) is 11.3. The summed E-state index contributed by atoms with van der Waals surface area (Å²) in [4.78, 5) is 44.3. The maximum absolute atomic E-state index is 11.5. The minimum atomic E-state index is -1.23. The van der Waals surface area contributed by atoms with Gasteiger partial charge in [-0.05, 0) is 25.7 Å². The molecule has 0 aromatic heterocycles. The third-order valence-electron chi connectivity index (χ3n) is 3.09. The van der Waals surface area contributed by atoms with Crippen molar-refractivity contribution in [3.8, 4) is 0 Å². The van der Waals surface area contributed by atoms with Gasteiger partial charge in [-0.2, -0.15) is 0 Å². The lowest BCUT2D eigenvalue weighted by molar-refractivity contribution is -0.139. The third-order valence-corrected chi connectivity index (χ3v) is 3.09. The van der Waals surface area contributed by atoms with Crippen LogP contribution < -0.4 is 21.3 Å². The van der Waals surface area contributed by atoms with Crippen LogP contribution in [0.1, 0.15) is 32.6 Å². The second-order valence-electron chi connectivity index (χ2n) is 5.40. The van der Waals surface area contributed by atoms with Gasteiger partial charge >= 0.3 is 24.0 Å². The first-order chi connectivity index (χ1) is 12.4. The fourth-order valence-corrected chi connectivity index (χ4v) is 1.84. The number of ether oxygens (including phenoxy) is 1. The number of carbonyl (C=O) groups excluding carboxylic acids is 2. The zero-order chi connectivity index (χ0) is 19.8. The summed E-state index contributed by atoms with van der Waals surface area (Å²) in [6, 6.07) is -2.32. The van der Waals surface area contributed by atoms with Crippen LogP contribution >= 0.6 is 0 Å². The Labute approximate surface area is 151 Å². The maximum atomic E-state index is 11.5. The number of unbranched alkanes of at least 4 members (excludes halogenated alkanes) is 1. The second kappa shape index (κ2) is 14.8. The van der Waals surface area contributed by atoms with Crippen molar-refractivity contribution < 1.29 is 34.1 Å². The van der Waals surface area contributed by atoms with Gasteiger partial charge < -0.3 is 36.2 Å². The van der Waals surface area contributed by atoms with Crippen molar-refractivity contribution in [2.45, 2.75) is 38.6 Å². The Morgan fingerprint density at radius 3 is 2.23 bits per heavy atom. The van der Waals surface area contributed by atoms with E-state index in [1.165, 1.54) is 0 Å². The molecule has 0 aliphatic rings. The molecule has 0 aromatic carbocycles. The number of urea groups is 2. The van der Waals surface area contributed by atoms with Crippen LogP contribution in [0.4, 0.5) is 9.59 Å². The summed E-state index contributed by atoms with van der Waals surface area (Å²) in [5.74, 6) is -2.44. The van der Waals surface area contributed by atoms with Crippen LogP contribution in [0.15, 0.2) is 0 Å². The minimum Gasteiger partial charge on any atom is -0.480 e. The first-order valence-electron chi connectivity index (χ1n) is 8.45. The van der Waals surface area contributed by atoms with E-state index >= 15 is 0 Å². The van der Waals surface area contributed by atoms with Crippen LogP contribution in [0, 0.1) is 0 Å². The van der Waals surface area contributed by atoms with Crippen molar-refractivity contribution >= 4 is 24.0 Å². The molecule has 0 unspecified atom stereocenters. The standard InChI is InChI=1S/C15H28N4O7/c1-2-8-26-9-7-17-14(24)16-6-4-3-5-11(13(22)23)19-15(25)18-10-12(20)21/h11H,2-10H2,1H3,(H,20,21)(H,22,23)(H2,16,17,24)(H2,18,19,25)/t11-/m0/s1. The fourth-order valence-electron chi connectivity index (χ4n) is 1.84. The van der Waals surface area contributed by atoms with Gasteiger partial charge in [0.1, 0.15) is 12.6 Å². The van der Waals surface area contributed by atoms with Gasteiger partial charge in [0.2, 0.25) is 0 Å². The van der Waals surface area contributed by atoms with E-state index in [2.05, 4.69) is 16.0 Å². The predicted molar refractivity (Wildman–Crippen MR) is 92.0 cm³/mol. The molecule has 0 aliphatic heterocycles. The Morgan fingerprint density at radius 2 is 1.62 bits per heavy atom. The zero-order valence-corrected chi connectivity index (χ0v) is 14.9. The van der Waals surface area contributed by atoms with Gasteiger partial charge in [0.05, 0.1) is 6.61 Å². The number of hydrogen-bond acceptors (Lipinski definition) is 5. The number of aliphatic carboxylic acids is 2. The first-order valence-corrected chi connectivity index (χ1v) is 8.45. The van der Waals surface area contributed by atoms with E-state index in [9.17, 15) is 19.2 Å². The molecular formula is C15H28N4O7. The van der Waals surface area contributed by atoms with E-state index in [1.807, 2.05) is 12.2 Å². The van der Waals surface area contributed by atoms with Crippen LogP contribution in [0.5, 0.6) is 0 Å². The monoisotopic (exact) mass is 376 g/mol. The molecule has 0 fully saturated rings. The summed E-state index contributed by atoms with van der Waals surface area (Å²) in [5, 5.41) is 27.0. The Bertz CT molecular complexity index is 459. The van der Waals surface area contributed by atoms with Gasteiger partial charge in [-0.25, -0.2) is 14.4 Å². The number of carboxylic acids is 2. The molecule has 150 valence electrons. The lowest BCUT2D eigenvalue weighted by atomic mass is 10.1. The van der Waals surface area contributed by atoms with Gasteiger partial charge in [0, 0.05) is 19.7 Å². The lowest BCUT2D eigenvalue weighted by Gasteiger charge is -2.14. The van der Waals surface area contributed by atoms with Crippen molar-refractivity contribution in [1.82, 2.24) is 21.3 Å². The molecule has 0 saturated carbocycles. The van der Waals surface area contributed by atoms with Crippen molar-refractivity contribution in [2.75, 3.05) is 32.8 Å². The van der Waals surface area contributed by atoms with E-state index in [1.54, 1.807) is 0 Å². The van der Waals surface area contributed by atoms with Crippen molar-refractivity contribution in [3.63, 3.8) is 0 Å². The number of carboxylic acid groups (broad SMARTS) is 2. The Morgan fingerprint density at radius 1 is 0.923 bits per heavy atom. The molecule has 0 radical (unpaired) electrons. The number of nitrogens with one attached hydrogen (secondary N) is 4. The predicted octanol–water partition coefficient (Wildman–Crippen LogP) is -0.280. The summed E-state index contributed by atoms with van der Waals surface area (Å²) in [7, 11) is 0. The molecule has 26 heavy (non-hydrogen) atoms. The van der Waals surface area contributed by atoms with Gasteiger partial charge in [0.15, 0.2) is 0 Å². The average molecular weight is 376 g/mol. The SMILES string of the molecule is CCCOCCNC(=O)NCCCC[C@H](NC(=O)NCC(=O)O)C(=O)O. The first kappa shape index (κ1) is 23.4. The van der Waals surface area contributed by atoms with Gasteiger partial charge in [-0.3, -0.25) is 4.79 Å². The lowest BCUT2D eigenvalue weighted by Crippen LogP contribution is -2.47. The van der Waals surface area contributed by atoms with Crippen LogP contribution in [-0.4, -0.2) is 73.1 Å². The highest BCUT2D eigenvalue weighted by molar-refractivity contribution is 5.84. The van der Waals surface area contributed by atoms with Gasteiger partial charge in [-0.1, -0.05) is 6.92 Å². The molecule has 6 N–H and O–H groups in total. The largest absolute Gasteiger partial charge is 0.480 e. The Kier molecular flexibility index (Phi) is 13.3. The highest BCUT2D eigenvalue weighted by atomic mass is 16.5. The molecule has 0 heterocycles. The Hall–Kier alpha value is -2.56. The van der Waals surface area contributed by atoms with E-state index in [-0.39, 0.29) is 12.5 Å². The summed E-state index contributed by atoms with van der Waals surface area (Å²) >= 11 is 0. The molecule has 11 nitrogen and oxygen atoms in total. The quantitative estimate of drug-likeness (QED) is 0.227. The molecule has 0 aromatic rings. The molecule has 11 heteroatoms. The topological polar surface area (TPSA) is 166 Å². The number of rotatable bonds is 14. The van der Waals surface area contributed by atoms with Crippen molar-refractivity contribution in [2.24, 2.45) is 0 Å². The highest BCUT2D eigenvalue weighted by Crippen LogP contribution is 2.01. The molecule has 1 atom stereocenters. The third kappa shape index (κ3) is 13.8. The van der Waals surface area contributed by atoms with Crippen molar-refractivity contribution in [3.05, 3.63) is 0 Å². The number of carbonyl (C=O) groups is 4. The van der Waals surface area contributed by atoms with Crippen molar-refractivity contribution in [1.29, 1.82) is 0 Å². The van der Waals surface area contributed by atoms with E-state index < -0.39 is 30.6 Å². The van der Waals surface area contributed by atoms with Crippen LogP contribution in [-0.2, 0) is 14.3 Å². The van der Waals surface area contributed by atoms with E-state index in [0.717, 1.165) is 6.42 Å². The van der Waals surface area contributed by atoms with E-state index in [0.29, 0.717) is 39.1 Å². The van der Waals surface area contributed by atoms with E-state index in [4.69, 9.17) is 14.9 Å². The molecule has 0 rings (SSSR count). The molecule has 0 aliphatic carbocycles. The van der Waals surface area contributed by atoms with Gasteiger partial charge in [-0.15, -0.1) is 0 Å². The number of hydrogen-bond donors (Lipinski definition) is 6. The second-order valence-corrected chi connectivity index (χ2v) is 5.40. The van der Waals surface area contributed by atoms with Gasteiger partial charge in [0.25, 0.3) is 0 Å². The summed E-state index contributed by atoms with van der Waals surface area (Å²) < 4.78 is 5.22. The smallest absolute Gasteiger partial charge is 0.326 e.